The summed E-state index contributed by atoms with van der Waals surface area (Å²) in [5.41, 5.74) is 5.19. The molecule has 0 N–H and O–H groups in total. The van der Waals surface area contributed by atoms with Gasteiger partial charge in [-0.3, -0.25) is 0 Å². The first-order chi connectivity index (χ1) is 8.86. The van der Waals surface area contributed by atoms with E-state index in [9.17, 15) is 5.26 Å². The molecule has 1 heteroatoms. The fourth-order valence-electron chi connectivity index (χ4n) is 3.35. The van der Waals surface area contributed by atoms with Crippen LogP contribution in [0.4, 0.5) is 0 Å². The minimum atomic E-state index is -0.136. The average molecular weight is 231 g/mol. The summed E-state index contributed by atoms with van der Waals surface area (Å²) in [6.45, 7) is 0. The molecule has 0 heterocycles. The minimum Gasteiger partial charge on any atom is -0.198 e. The first-order valence-electron chi connectivity index (χ1n) is 6.45. The molecule has 0 unspecified atom stereocenters. The number of fused-ring (bicyclic) bond motifs is 3. The van der Waals surface area contributed by atoms with Crippen LogP contribution in [0.25, 0.3) is 11.1 Å². The molecule has 0 saturated heterocycles. The second-order valence-corrected chi connectivity index (χ2v) is 5.38. The van der Waals surface area contributed by atoms with Gasteiger partial charge in [-0.2, -0.15) is 5.26 Å². The third-order valence-electron chi connectivity index (χ3n) is 4.40. The predicted octanol–water partition coefficient (Wildman–Crippen LogP) is 4.10. The van der Waals surface area contributed by atoms with Gasteiger partial charge in [-0.05, 0) is 35.1 Å². The number of hydrogen-bond acceptors (Lipinski definition) is 1. The van der Waals surface area contributed by atoms with Crippen molar-refractivity contribution in [3.8, 4) is 17.2 Å². The summed E-state index contributed by atoms with van der Waals surface area (Å²) in [6, 6.07) is 19.7. The molecule has 1 nitrogen and oxygen atoms in total. The lowest BCUT2D eigenvalue weighted by Crippen LogP contribution is -2.10. The van der Waals surface area contributed by atoms with Gasteiger partial charge >= 0.3 is 0 Å². The SMILES string of the molecule is N#CC1(C2c3ccccc3-c3ccccc32)CC1. The molecule has 0 bridgehead atoms. The number of hydrogen-bond donors (Lipinski definition) is 0. The second-order valence-electron chi connectivity index (χ2n) is 5.38. The highest BCUT2D eigenvalue weighted by molar-refractivity contribution is 5.79. The molecule has 18 heavy (non-hydrogen) atoms. The van der Waals surface area contributed by atoms with Gasteiger partial charge in [0, 0.05) is 5.92 Å². The Morgan fingerprint density at radius 3 is 1.83 bits per heavy atom. The molecule has 0 amide bonds. The van der Waals surface area contributed by atoms with Gasteiger partial charge in [-0.15, -0.1) is 0 Å². The van der Waals surface area contributed by atoms with Gasteiger partial charge in [0.1, 0.15) is 0 Å². The van der Waals surface area contributed by atoms with Crippen LogP contribution in [0.2, 0.25) is 0 Å². The van der Waals surface area contributed by atoms with Crippen LogP contribution >= 0.6 is 0 Å². The van der Waals surface area contributed by atoms with Gasteiger partial charge in [0.15, 0.2) is 0 Å². The molecular formula is C17H13N. The monoisotopic (exact) mass is 231 g/mol. The zero-order valence-corrected chi connectivity index (χ0v) is 10.1. The summed E-state index contributed by atoms with van der Waals surface area (Å²) in [5, 5.41) is 9.52. The van der Waals surface area contributed by atoms with Crippen LogP contribution in [-0.2, 0) is 0 Å². The highest BCUT2D eigenvalue weighted by atomic mass is 14.6. The van der Waals surface area contributed by atoms with Crippen molar-refractivity contribution in [1.82, 2.24) is 0 Å². The summed E-state index contributed by atoms with van der Waals surface area (Å²) in [5.74, 6) is 0.287. The van der Waals surface area contributed by atoms with Crippen molar-refractivity contribution in [3.05, 3.63) is 59.7 Å². The smallest absolute Gasteiger partial charge is 0.0699 e. The maximum atomic E-state index is 9.52. The number of rotatable bonds is 1. The molecule has 1 fully saturated rings. The lowest BCUT2D eigenvalue weighted by molar-refractivity contribution is 0.583. The molecule has 4 rings (SSSR count). The summed E-state index contributed by atoms with van der Waals surface area (Å²) in [4.78, 5) is 0. The predicted molar refractivity (Wildman–Crippen MR) is 71.0 cm³/mol. The molecule has 2 aliphatic carbocycles. The number of nitriles is 1. The quantitative estimate of drug-likeness (QED) is 0.724. The molecule has 1 saturated carbocycles. The van der Waals surface area contributed by atoms with E-state index in [1.807, 2.05) is 0 Å². The third-order valence-corrected chi connectivity index (χ3v) is 4.40. The van der Waals surface area contributed by atoms with Crippen LogP contribution < -0.4 is 0 Å². The van der Waals surface area contributed by atoms with Crippen LogP contribution in [0.3, 0.4) is 0 Å². The Kier molecular flexibility index (Phi) is 1.78. The molecule has 2 aromatic carbocycles. The van der Waals surface area contributed by atoms with Crippen LogP contribution in [-0.4, -0.2) is 0 Å². The highest BCUT2D eigenvalue weighted by Gasteiger charge is 2.53. The first kappa shape index (κ1) is 9.91. The zero-order valence-electron chi connectivity index (χ0n) is 10.1. The fraction of sp³-hybridized carbons (Fsp3) is 0.235. The third kappa shape index (κ3) is 1.10. The van der Waals surface area contributed by atoms with E-state index < -0.39 is 0 Å². The summed E-state index contributed by atoms with van der Waals surface area (Å²) < 4.78 is 0. The maximum absolute atomic E-state index is 9.52. The summed E-state index contributed by atoms with van der Waals surface area (Å²) in [7, 11) is 0. The summed E-state index contributed by atoms with van der Waals surface area (Å²) >= 11 is 0. The van der Waals surface area contributed by atoms with Crippen molar-refractivity contribution in [2.45, 2.75) is 18.8 Å². The van der Waals surface area contributed by atoms with E-state index in [1.165, 1.54) is 22.3 Å². The summed E-state index contributed by atoms with van der Waals surface area (Å²) in [6.07, 6.45) is 2.08. The Bertz CT molecular complexity index is 629. The Hall–Kier alpha value is -2.07. The standard InChI is InChI=1S/C17H13N/c18-11-17(9-10-17)16-14-7-3-1-5-12(14)13-6-2-4-8-15(13)16/h1-8,16H,9-10H2. The average Bonchev–Trinajstić information content (AvgIpc) is 3.15. The van der Waals surface area contributed by atoms with Crippen molar-refractivity contribution < 1.29 is 0 Å². The molecule has 0 atom stereocenters. The fourth-order valence-corrected chi connectivity index (χ4v) is 3.35. The van der Waals surface area contributed by atoms with Gasteiger partial charge in [0.25, 0.3) is 0 Å². The van der Waals surface area contributed by atoms with Gasteiger partial charge < -0.3 is 0 Å². The molecule has 0 spiro atoms. The molecule has 2 aromatic rings. The van der Waals surface area contributed by atoms with E-state index in [4.69, 9.17) is 0 Å². The Labute approximate surface area is 107 Å². The van der Waals surface area contributed by atoms with E-state index in [1.54, 1.807) is 0 Å². The molecule has 0 aliphatic heterocycles. The number of nitrogens with zero attached hydrogens (tertiary/aromatic N) is 1. The Balaban J connectivity index is 2.02. The largest absolute Gasteiger partial charge is 0.198 e. The van der Waals surface area contributed by atoms with Crippen molar-refractivity contribution in [1.29, 1.82) is 5.26 Å². The Morgan fingerprint density at radius 2 is 1.39 bits per heavy atom. The minimum absolute atomic E-state index is 0.136. The lowest BCUT2D eigenvalue weighted by Gasteiger charge is -2.18. The van der Waals surface area contributed by atoms with Crippen LogP contribution in [0.1, 0.15) is 29.9 Å². The Morgan fingerprint density at radius 1 is 0.889 bits per heavy atom. The first-order valence-corrected chi connectivity index (χ1v) is 6.45. The van der Waals surface area contributed by atoms with Gasteiger partial charge in [0.2, 0.25) is 0 Å². The van der Waals surface area contributed by atoms with Crippen molar-refractivity contribution in [2.75, 3.05) is 0 Å². The molecular weight excluding hydrogens is 218 g/mol. The normalized spacial score (nSPS) is 18.8. The van der Waals surface area contributed by atoms with Crippen molar-refractivity contribution in [2.24, 2.45) is 5.41 Å². The molecule has 2 aliphatic rings. The van der Waals surface area contributed by atoms with Gasteiger partial charge in [-0.25, -0.2) is 0 Å². The highest BCUT2D eigenvalue weighted by Crippen LogP contribution is 2.63. The van der Waals surface area contributed by atoms with Gasteiger partial charge in [-0.1, -0.05) is 48.5 Å². The van der Waals surface area contributed by atoms with Crippen molar-refractivity contribution >= 4 is 0 Å². The number of benzene rings is 2. The van der Waals surface area contributed by atoms with Crippen LogP contribution in [0.5, 0.6) is 0 Å². The maximum Gasteiger partial charge on any atom is 0.0699 e. The van der Waals surface area contributed by atoms with E-state index in [2.05, 4.69) is 54.6 Å². The van der Waals surface area contributed by atoms with E-state index in [0.29, 0.717) is 0 Å². The molecule has 0 aromatic heterocycles. The van der Waals surface area contributed by atoms with E-state index in [-0.39, 0.29) is 11.3 Å². The van der Waals surface area contributed by atoms with Crippen LogP contribution in [0, 0.1) is 16.7 Å². The topological polar surface area (TPSA) is 23.8 Å². The second kappa shape index (κ2) is 3.23. The van der Waals surface area contributed by atoms with Gasteiger partial charge in [0.05, 0.1) is 11.5 Å². The van der Waals surface area contributed by atoms with Crippen molar-refractivity contribution in [3.63, 3.8) is 0 Å². The van der Waals surface area contributed by atoms with E-state index in [0.717, 1.165) is 12.8 Å². The van der Waals surface area contributed by atoms with Crippen LogP contribution in [0.15, 0.2) is 48.5 Å². The molecule has 86 valence electrons. The zero-order chi connectivity index (χ0) is 12.2. The molecule has 0 radical (unpaired) electrons. The lowest BCUT2D eigenvalue weighted by atomic mass is 9.82. The van der Waals surface area contributed by atoms with E-state index >= 15 is 0 Å².